The van der Waals surface area contributed by atoms with Gasteiger partial charge in [-0.15, -0.1) is 0 Å². The van der Waals surface area contributed by atoms with Crippen LogP contribution in [0.15, 0.2) is 47.5 Å². The standard InChI is InChI=1S/C22H28N4O3/c1-23-22(24-14-17-3-6-19(27-2)7-4-17)26-11-9-25(10-12-26)15-18-5-8-20-21(13-18)29-16-28-20/h3-8,13H,9-12,14-16H2,1-2H3,(H,23,24). The van der Waals surface area contributed by atoms with Crippen molar-refractivity contribution in [2.24, 2.45) is 4.99 Å². The van der Waals surface area contributed by atoms with Crippen LogP contribution in [0.2, 0.25) is 0 Å². The lowest BCUT2D eigenvalue weighted by atomic mass is 10.1. The molecule has 2 aromatic rings. The number of rotatable bonds is 5. The van der Waals surface area contributed by atoms with Gasteiger partial charge < -0.3 is 24.4 Å². The number of nitrogens with one attached hydrogen (secondary N) is 1. The fourth-order valence-corrected chi connectivity index (χ4v) is 3.67. The van der Waals surface area contributed by atoms with Gasteiger partial charge in [-0.1, -0.05) is 18.2 Å². The molecule has 1 fully saturated rings. The second-order valence-corrected chi connectivity index (χ2v) is 7.20. The Morgan fingerprint density at radius 3 is 2.45 bits per heavy atom. The molecule has 2 aliphatic rings. The Morgan fingerprint density at radius 2 is 1.72 bits per heavy atom. The minimum atomic E-state index is 0.320. The molecule has 0 aliphatic carbocycles. The number of guanidine groups is 1. The van der Waals surface area contributed by atoms with Crippen LogP contribution in [0, 0.1) is 0 Å². The SMILES string of the molecule is CN=C(NCc1ccc(OC)cc1)N1CCN(Cc2ccc3c(c2)OCO3)CC1. The van der Waals surface area contributed by atoms with Crippen molar-refractivity contribution in [1.29, 1.82) is 0 Å². The van der Waals surface area contributed by atoms with Crippen LogP contribution in [0.5, 0.6) is 17.2 Å². The van der Waals surface area contributed by atoms with Crippen LogP contribution in [0.25, 0.3) is 0 Å². The summed E-state index contributed by atoms with van der Waals surface area (Å²) in [7, 11) is 3.52. The molecule has 2 aliphatic heterocycles. The lowest BCUT2D eigenvalue weighted by Crippen LogP contribution is -2.52. The summed E-state index contributed by atoms with van der Waals surface area (Å²) in [5.74, 6) is 3.51. The minimum Gasteiger partial charge on any atom is -0.497 e. The molecule has 0 radical (unpaired) electrons. The van der Waals surface area contributed by atoms with Gasteiger partial charge in [0.25, 0.3) is 0 Å². The van der Waals surface area contributed by atoms with E-state index in [2.05, 4.69) is 44.4 Å². The molecule has 7 nitrogen and oxygen atoms in total. The fourth-order valence-electron chi connectivity index (χ4n) is 3.67. The molecule has 0 atom stereocenters. The Labute approximate surface area is 171 Å². The monoisotopic (exact) mass is 396 g/mol. The highest BCUT2D eigenvalue weighted by Gasteiger charge is 2.20. The summed E-state index contributed by atoms with van der Waals surface area (Å²) in [5.41, 5.74) is 2.46. The highest BCUT2D eigenvalue weighted by molar-refractivity contribution is 5.80. The molecule has 4 rings (SSSR count). The quantitative estimate of drug-likeness (QED) is 0.618. The summed E-state index contributed by atoms with van der Waals surface area (Å²) in [6.45, 7) is 5.88. The van der Waals surface area contributed by atoms with Gasteiger partial charge in [0.2, 0.25) is 6.79 Å². The largest absolute Gasteiger partial charge is 0.497 e. The van der Waals surface area contributed by atoms with Crippen molar-refractivity contribution in [1.82, 2.24) is 15.1 Å². The predicted octanol–water partition coefficient (Wildman–Crippen LogP) is 2.32. The number of benzene rings is 2. The Morgan fingerprint density at radius 1 is 1.00 bits per heavy atom. The van der Waals surface area contributed by atoms with Gasteiger partial charge in [0.05, 0.1) is 7.11 Å². The number of methoxy groups -OCH3 is 1. The number of piperazine rings is 1. The first-order chi connectivity index (χ1) is 14.2. The second-order valence-electron chi connectivity index (χ2n) is 7.20. The number of hydrogen-bond donors (Lipinski definition) is 1. The van der Waals surface area contributed by atoms with Crippen molar-refractivity contribution in [3.63, 3.8) is 0 Å². The number of fused-ring (bicyclic) bond motifs is 1. The third-order valence-corrected chi connectivity index (χ3v) is 5.34. The van der Waals surface area contributed by atoms with Crippen molar-refractivity contribution in [3.05, 3.63) is 53.6 Å². The lowest BCUT2D eigenvalue weighted by Gasteiger charge is -2.36. The normalized spacial score (nSPS) is 16.8. The van der Waals surface area contributed by atoms with E-state index >= 15 is 0 Å². The van der Waals surface area contributed by atoms with Gasteiger partial charge in [-0.2, -0.15) is 0 Å². The summed E-state index contributed by atoms with van der Waals surface area (Å²) in [6.07, 6.45) is 0. The Hall–Kier alpha value is -2.93. The van der Waals surface area contributed by atoms with Crippen molar-refractivity contribution in [2.45, 2.75) is 13.1 Å². The second kappa shape index (κ2) is 9.05. The maximum atomic E-state index is 5.49. The maximum absolute atomic E-state index is 5.49. The summed E-state index contributed by atoms with van der Waals surface area (Å²) in [4.78, 5) is 9.25. The molecular weight excluding hydrogens is 368 g/mol. The van der Waals surface area contributed by atoms with E-state index < -0.39 is 0 Å². The van der Waals surface area contributed by atoms with Crippen molar-refractivity contribution in [3.8, 4) is 17.2 Å². The molecule has 0 bridgehead atoms. The van der Waals surface area contributed by atoms with Gasteiger partial charge in [-0.3, -0.25) is 9.89 Å². The van der Waals surface area contributed by atoms with Crippen LogP contribution in [-0.4, -0.2) is 62.9 Å². The molecule has 0 aromatic heterocycles. The van der Waals surface area contributed by atoms with E-state index in [4.69, 9.17) is 14.2 Å². The lowest BCUT2D eigenvalue weighted by molar-refractivity contribution is 0.171. The predicted molar refractivity (Wildman–Crippen MR) is 113 cm³/mol. The molecule has 1 saturated heterocycles. The van der Waals surface area contributed by atoms with Gasteiger partial charge in [-0.05, 0) is 35.4 Å². The van der Waals surface area contributed by atoms with E-state index in [0.717, 1.165) is 62.5 Å². The van der Waals surface area contributed by atoms with Crippen LogP contribution in [0.3, 0.4) is 0 Å². The molecule has 1 N–H and O–H groups in total. The zero-order valence-corrected chi connectivity index (χ0v) is 17.1. The van der Waals surface area contributed by atoms with Crippen LogP contribution < -0.4 is 19.5 Å². The maximum Gasteiger partial charge on any atom is 0.231 e. The van der Waals surface area contributed by atoms with Crippen molar-refractivity contribution >= 4 is 5.96 Å². The van der Waals surface area contributed by atoms with E-state index in [0.29, 0.717) is 6.79 Å². The zero-order chi connectivity index (χ0) is 20.1. The Balaban J connectivity index is 1.26. The molecule has 0 saturated carbocycles. The third-order valence-electron chi connectivity index (χ3n) is 5.34. The Bertz CT molecular complexity index is 846. The van der Waals surface area contributed by atoms with Gasteiger partial charge in [-0.25, -0.2) is 0 Å². The highest BCUT2D eigenvalue weighted by atomic mass is 16.7. The zero-order valence-electron chi connectivity index (χ0n) is 17.1. The average molecular weight is 396 g/mol. The molecule has 0 unspecified atom stereocenters. The fraction of sp³-hybridized carbons (Fsp3) is 0.409. The average Bonchev–Trinajstić information content (AvgIpc) is 3.23. The number of hydrogen-bond acceptors (Lipinski definition) is 5. The summed E-state index contributed by atoms with van der Waals surface area (Å²) < 4.78 is 16.1. The van der Waals surface area contributed by atoms with Gasteiger partial charge in [0.15, 0.2) is 17.5 Å². The topological polar surface area (TPSA) is 58.6 Å². The first-order valence-electron chi connectivity index (χ1n) is 9.94. The van der Waals surface area contributed by atoms with E-state index in [1.807, 2.05) is 25.2 Å². The van der Waals surface area contributed by atoms with Gasteiger partial charge in [0, 0.05) is 46.3 Å². The van der Waals surface area contributed by atoms with Crippen LogP contribution in [-0.2, 0) is 13.1 Å². The molecule has 154 valence electrons. The van der Waals surface area contributed by atoms with Crippen LogP contribution in [0.4, 0.5) is 0 Å². The van der Waals surface area contributed by atoms with Crippen LogP contribution in [0.1, 0.15) is 11.1 Å². The number of aliphatic imine (C=N–C) groups is 1. The highest BCUT2D eigenvalue weighted by Crippen LogP contribution is 2.32. The number of nitrogens with zero attached hydrogens (tertiary/aromatic N) is 3. The molecule has 0 spiro atoms. The molecule has 2 aromatic carbocycles. The molecule has 2 heterocycles. The first kappa shape index (κ1) is 19.4. The van der Waals surface area contributed by atoms with Gasteiger partial charge in [0.1, 0.15) is 5.75 Å². The molecule has 29 heavy (non-hydrogen) atoms. The van der Waals surface area contributed by atoms with E-state index in [1.54, 1.807) is 7.11 Å². The third kappa shape index (κ3) is 4.74. The summed E-state index contributed by atoms with van der Waals surface area (Å²) in [5, 5.41) is 3.47. The Kier molecular flexibility index (Phi) is 6.05. The van der Waals surface area contributed by atoms with Crippen LogP contribution >= 0.6 is 0 Å². The van der Waals surface area contributed by atoms with Gasteiger partial charge >= 0.3 is 0 Å². The van der Waals surface area contributed by atoms with Crippen molar-refractivity contribution < 1.29 is 14.2 Å². The summed E-state index contributed by atoms with van der Waals surface area (Å²) in [6, 6.07) is 14.3. The van der Waals surface area contributed by atoms with E-state index in [1.165, 1.54) is 11.1 Å². The van der Waals surface area contributed by atoms with E-state index in [-0.39, 0.29) is 0 Å². The van der Waals surface area contributed by atoms with E-state index in [9.17, 15) is 0 Å². The minimum absolute atomic E-state index is 0.320. The first-order valence-corrected chi connectivity index (χ1v) is 9.94. The molecule has 0 amide bonds. The molecule has 7 heteroatoms. The smallest absolute Gasteiger partial charge is 0.231 e. The van der Waals surface area contributed by atoms with Crippen molar-refractivity contribution in [2.75, 3.05) is 47.1 Å². The molecular formula is C22H28N4O3. The number of ether oxygens (including phenoxy) is 3. The summed E-state index contributed by atoms with van der Waals surface area (Å²) >= 11 is 0.